The monoisotopic (exact) mass is 493 g/mol. The first-order valence-corrected chi connectivity index (χ1v) is 12.5. The molecule has 0 saturated carbocycles. The van der Waals surface area contributed by atoms with Crippen molar-refractivity contribution in [2.75, 3.05) is 17.3 Å². The molecule has 1 atom stereocenters. The van der Waals surface area contributed by atoms with Crippen molar-refractivity contribution < 1.29 is 9.59 Å². The van der Waals surface area contributed by atoms with Crippen molar-refractivity contribution in [1.82, 2.24) is 10.3 Å². The normalized spacial score (nSPS) is 11.7. The quantitative estimate of drug-likeness (QED) is 0.410. The summed E-state index contributed by atoms with van der Waals surface area (Å²) < 4.78 is 0. The predicted molar refractivity (Wildman–Crippen MR) is 131 cm³/mol. The summed E-state index contributed by atoms with van der Waals surface area (Å²) in [4.78, 5) is 30.9. The molecule has 1 unspecified atom stereocenters. The van der Waals surface area contributed by atoms with E-state index in [0.717, 1.165) is 11.3 Å². The van der Waals surface area contributed by atoms with Crippen molar-refractivity contribution in [3.63, 3.8) is 0 Å². The first-order chi connectivity index (χ1) is 15.0. The van der Waals surface area contributed by atoms with Crippen LogP contribution in [0.2, 0.25) is 10.0 Å². The van der Waals surface area contributed by atoms with Gasteiger partial charge in [-0.1, -0.05) is 53.5 Å². The van der Waals surface area contributed by atoms with Crippen molar-refractivity contribution in [2.24, 2.45) is 0 Å². The lowest BCUT2D eigenvalue weighted by molar-refractivity contribution is -0.118. The Morgan fingerprint density at radius 3 is 2.65 bits per heavy atom. The zero-order valence-corrected chi connectivity index (χ0v) is 19.9. The van der Waals surface area contributed by atoms with Gasteiger partial charge in [0.25, 0.3) is 5.91 Å². The molecular weight excluding hydrogens is 473 g/mol. The fourth-order valence-electron chi connectivity index (χ4n) is 2.85. The van der Waals surface area contributed by atoms with Crippen LogP contribution in [0.3, 0.4) is 0 Å². The lowest BCUT2D eigenvalue weighted by Gasteiger charge is -2.18. The van der Waals surface area contributed by atoms with Crippen molar-refractivity contribution in [1.29, 1.82) is 0 Å². The molecule has 31 heavy (non-hydrogen) atoms. The molecule has 3 rings (SSSR count). The summed E-state index contributed by atoms with van der Waals surface area (Å²) in [7, 11) is 0. The molecule has 0 saturated heterocycles. The van der Waals surface area contributed by atoms with Gasteiger partial charge in [-0.25, -0.2) is 4.98 Å². The first-order valence-electron chi connectivity index (χ1n) is 9.50. The van der Waals surface area contributed by atoms with Crippen LogP contribution < -0.4 is 10.6 Å². The van der Waals surface area contributed by atoms with E-state index < -0.39 is 11.9 Å². The molecule has 1 aromatic heterocycles. The van der Waals surface area contributed by atoms with Gasteiger partial charge in [-0.05, 0) is 42.2 Å². The van der Waals surface area contributed by atoms with Crippen LogP contribution in [0.15, 0.2) is 54.7 Å². The van der Waals surface area contributed by atoms with Crippen molar-refractivity contribution in [2.45, 2.75) is 18.9 Å². The zero-order chi connectivity index (χ0) is 22.2. The highest BCUT2D eigenvalue weighted by Crippen LogP contribution is 2.23. The van der Waals surface area contributed by atoms with Gasteiger partial charge in [-0.2, -0.15) is 11.8 Å². The summed E-state index contributed by atoms with van der Waals surface area (Å²) in [5.41, 5.74) is 1.45. The molecule has 2 N–H and O–H groups in total. The fraction of sp³-hybridized carbons (Fsp3) is 0.227. The average molecular weight is 494 g/mol. The van der Waals surface area contributed by atoms with Gasteiger partial charge in [0, 0.05) is 22.5 Å². The van der Waals surface area contributed by atoms with Crippen LogP contribution in [0.1, 0.15) is 27.2 Å². The minimum absolute atomic E-state index is 0.236. The minimum Gasteiger partial charge on any atom is -0.340 e. The van der Waals surface area contributed by atoms with Crippen LogP contribution in [-0.2, 0) is 11.2 Å². The van der Waals surface area contributed by atoms with E-state index in [2.05, 4.69) is 15.6 Å². The molecule has 5 nitrogen and oxygen atoms in total. The second kappa shape index (κ2) is 11.5. The molecule has 162 valence electrons. The Bertz CT molecular complexity index is 1040. The van der Waals surface area contributed by atoms with E-state index in [0.29, 0.717) is 22.3 Å². The van der Waals surface area contributed by atoms with Crippen molar-refractivity contribution in [3.8, 4) is 0 Å². The van der Waals surface area contributed by atoms with Crippen LogP contribution in [-0.4, -0.2) is 34.8 Å². The number of carbonyl (C=O) groups excluding carboxylic acids is 2. The predicted octanol–water partition coefficient (Wildman–Crippen LogP) is 5.53. The second-order valence-electron chi connectivity index (χ2n) is 6.72. The smallest absolute Gasteiger partial charge is 0.253 e. The Kier molecular flexibility index (Phi) is 8.78. The Morgan fingerprint density at radius 1 is 1.16 bits per heavy atom. The summed E-state index contributed by atoms with van der Waals surface area (Å²) in [5, 5.41) is 6.79. The number of anilines is 1. The molecule has 3 aromatic rings. The molecule has 2 aromatic carbocycles. The zero-order valence-electron chi connectivity index (χ0n) is 16.7. The summed E-state index contributed by atoms with van der Waals surface area (Å²) in [6.07, 6.45) is 4.93. The summed E-state index contributed by atoms with van der Waals surface area (Å²) >= 11 is 15.1. The number of nitrogens with one attached hydrogen (secondary N) is 2. The van der Waals surface area contributed by atoms with Gasteiger partial charge in [0.15, 0.2) is 5.13 Å². The van der Waals surface area contributed by atoms with E-state index in [1.807, 2.05) is 36.6 Å². The first kappa shape index (κ1) is 23.6. The second-order valence-corrected chi connectivity index (χ2v) is 9.66. The standard InChI is InChI=1S/C22H21Cl2N3O2S2/c1-30-10-9-19(26-20(28)17-8-7-15(23)12-18(17)24)21(29)27-22-25-13-16(31-22)11-14-5-3-2-4-6-14/h2-8,12-13,19H,9-11H2,1H3,(H,26,28)(H,25,27,29). The van der Waals surface area contributed by atoms with Crippen LogP contribution >= 0.6 is 46.3 Å². The number of benzene rings is 2. The number of carbonyl (C=O) groups is 2. The number of amides is 2. The van der Waals surface area contributed by atoms with Gasteiger partial charge < -0.3 is 10.6 Å². The van der Waals surface area contributed by atoms with Gasteiger partial charge in [-0.3, -0.25) is 9.59 Å². The van der Waals surface area contributed by atoms with E-state index in [1.165, 1.54) is 23.0 Å². The molecule has 0 aliphatic heterocycles. The van der Waals surface area contributed by atoms with Crippen LogP contribution in [0, 0.1) is 0 Å². The Hall–Kier alpha value is -2.06. The maximum absolute atomic E-state index is 12.9. The third-order valence-electron chi connectivity index (χ3n) is 4.41. The van der Waals surface area contributed by atoms with E-state index in [1.54, 1.807) is 30.1 Å². The third-order valence-corrected chi connectivity index (χ3v) is 6.52. The summed E-state index contributed by atoms with van der Waals surface area (Å²) in [6, 6.07) is 14.0. The molecule has 0 fully saturated rings. The number of hydrogen-bond acceptors (Lipinski definition) is 5. The highest BCUT2D eigenvalue weighted by atomic mass is 35.5. The third kappa shape index (κ3) is 6.97. The number of thioether (sulfide) groups is 1. The fourth-order valence-corrected chi connectivity index (χ4v) is 4.67. The topological polar surface area (TPSA) is 71.1 Å². The Labute approximate surface area is 199 Å². The molecule has 0 radical (unpaired) electrons. The Balaban J connectivity index is 1.66. The summed E-state index contributed by atoms with van der Waals surface area (Å²) in [6.45, 7) is 0. The molecular formula is C22H21Cl2N3O2S2. The lowest BCUT2D eigenvalue weighted by Crippen LogP contribution is -2.44. The number of hydrogen-bond donors (Lipinski definition) is 2. The van der Waals surface area contributed by atoms with Gasteiger partial charge in [0.1, 0.15) is 6.04 Å². The SMILES string of the molecule is CSCCC(NC(=O)c1ccc(Cl)cc1Cl)C(=O)Nc1ncc(Cc2ccccc2)s1. The van der Waals surface area contributed by atoms with Crippen LogP contribution in [0.4, 0.5) is 5.13 Å². The van der Waals surface area contributed by atoms with Crippen molar-refractivity contribution >= 4 is 63.2 Å². The molecule has 0 spiro atoms. The molecule has 0 bridgehead atoms. The van der Waals surface area contributed by atoms with Gasteiger partial charge in [-0.15, -0.1) is 11.3 Å². The molecule has 9 heteroatoms. The molecule has 2 amide bonds. The molecule has 0 aliphatic carbocycles. The summed E-state index contributed by atoms with van der Waals surface area (Å²) in [5.74, 6) is -0.0240. The molecule has 1 heterocycles. The van der Waals surface area contributed by atoms with Gasteiger partial charge in [0.05, 0.1) is 10.6 Å². The van der Waals surface area contributed by atoms with E-state index in [4.69, 9.17) is 23.2 Å². The number of aromatic nitrogens is 1. The van der Waals surface area contributed by atoms with Crippen LogP contribution in [0.25, 0.3) is 0 Å². The van der Waals surface area contributed by atoms with Gasteiger partial charge in [0.2, 0.25) is 5.91 Å². The highest BCUT2D eigenvalue weighted by Gasteiger charge is 2.23. The number of rotatable bonds is 9. The maximum atomic E-state index is 12.9. The van der Waals surface area contributed by atoms with Crippen molar-refractivity contribution in [3.05, 3.63) is 80.8 Å². The maximum Gasteiger partial charge on any atom is 0.253 e. The van der Waals surface area contributed by atoms with E-state index >= 15 is 0 Å². The average Bonchev–Trinajstić information content (AvgIpc) is 3.18. The molecule has 0 aliphatic rings. The van der Waals surface area contributed by atoms with Crippen LogP contribution in [0.5, 0.6) is 0 Å². The minimum atomic E-state index is -0.715. The highest BCUT2D eigenvalue weighted by molar-refractivity contribution is 7.98. The van der Waals surface area contributed by atoms with E-state index in [9.17, 15) is 9.59 Å². The largest absolute Gasteiger partial charge is 0.340 e. The number of halogens is 2. The Morgan fingerprint density at radius 2 is 1.94 bits per heavy atom. The number of nitrogens with zero attached hydrogens (tertiary/aromatic N) is 1. The lowest BCUT2D eigenvalue weighted by atomic mass is 10.1. The van der Waals surface area contributed by atoms with Gasteiger partial charge >= 0.3 is 0 Å². The van der Waals surface area contributed by atoms with E-state index in [-0.39, 0.29) is 16.5 Å². The number of thiazole rings is 1.